The molecule has 0 aromatic heterocycles. The van der Waals surface area contributed by atoms with E-state index in [4.69, 9.17) is 4.74 Å². The minimum absolute atomic E-state index is 0.107. The van der Waals surface area contributed by atoms with Crippen molar-refractivity contribution in [2.24, 2.45) is 5.92 Å². The van der Waals surface area contributed by atoms with Crippen LogP contribution in [0.2, 0.25) is 0 Å². The molecule has 2 atom stereocenters. The zero-order valence-electron chi connectivity index (χ0n) is 19.6. The Labute approximate surface area is 200 Å². The first-order valence-corrected chi connectivity index (χ1v) is 12.1. The topological polar surface area (TPSA) is 9.23 Å². The quantitative estimate of drug-likeness (QED) is 0.239. The monoisotopic (exact) mass is 464 g/mol. The van der Waals surface area contributed by atoms with Gasteiger partial charge < -0.3 is 4.74 Å². The molecule has 0 bridgehead atoms. The van der Waals surface area contributed by atoms with Crippen molar-refractivity contribution in [2.45, 2.75) is 51.6 Å². The van der Waals surface area contributed by atoms with Gasteiger partial charge in [-0.25, -0.2) is 13.2 Å². The van der Waals surface area contributed by atoms with Gasteiger partial charge in [0.15, 0.2) is 11.6 Å². The Hall–Kier alpha value is -2.85. The molecule has 178 valence electrons. The van der Waals surface area contributed by atoms with Crippen molar-refractivity contribution in [3.05, 3.63) is 95.8 Å². The van der Waals surface area contributed by atoms with E-state index >= 15 is 0 Å². The lowest BCUT2D eigenvalue weighted by Crippen LogP contribution is -2.19. The molecule has 1 aliphatic rings. The highest BCUT2D eigenvalue weighted by molar-refractivity contribution is 5.71. The second-order valence-electron chi connectivity index (χ2n) is 9.07. The molecule has 3 aromatic rings. The van der Waals surface area contributed by atoms with Gasteiger partial charge in [0.25, 0.3) is 0 Å². The molecule has 4 heteroatoms. The summed E-state index contributed by atoms with van der Waals surface area (Å²) in [4.78, 5) is 0. The van der Waals surface area contributed by atoms with Gasteiger partial charge in [0, 0.05) is 17.0 Å². The predicted molar refractivity (Wildman–Crippen MR) is 132 cm³/mol. The number of ether oxygens (including phenoxy) is 1. The molecule has 0 N–H and O–H groups in total. The summed E-state index contributed by atoms with van der Waals surface area (Å²) in [6, 6.07) is 15.4. The molecular formula is C30H31F3O. The van der Waals surface area contributed by atoms with Crippen LogP contribution in [0.3, 0.4) is 0 Å². The average molecular weight is 465 g/mol. The van der Waals surface area contributed by atoms with Crippen LogP contribution >= 0.6 is 0 Å². The van der Waals surface area contributed by atoms with Crippen molar-refractivity contribution in [2.75, 3.05) is 6.61 Å². The van der Waals surface area contributed by atoms with Crippen molar-refractivity contribution in [1.82, 2.24) is 0 Å². The van der Waals surface area contributed by atoms with Gasteiger partial charge in [-0.15, -0.1) is 6.58 Å². The molecule has 0 amide bonds. The Morgan fingerprint density at radius 3 is 2.21 bits per heavy atom. The van der Waals surface area contributed by atoms with E-state index < -0.39 is 11.6 Å². The summed E-state index contributed by atoms with van der Waals surface area (Å²) in [5.41, 5.74) is 3.16. The molecule has 34 heavy (non-hydrogen) atoms. The van der Waals surface area contributed by atoms with Crippen molar-refractivity contribution in [1.29, 1.82) is 0 Å². The molecule has 0 radical (unpaired) electrons. The lowest BCUT2D eigenvalue weighted by Gasteiger charge is -2.27. The van der Waals surface area contributed by atoms with Crippen LogP contribution in [-0.2, 0) is 11.2 Å². The predicted octanol–water partition coefficient (Wildman–Crippen LogP) is 8.82. The molecule has 1 nitrogen and oxygen atoms in total. The molecule has 2 unspecified atom stereocenters. The summed E-state index contributed by atoms with van der Waals surface area (Å²) in [5, 5.41) is 0. The van der Waals surface area contributed by atoms with Crippen LogP contribution in [0.5, 0.6) is 0 Å². The number of benzene rings is 3. The molecule has 1 heterocycles. The fraction of sp³-hybridized carbons (Fsp3) is 0.333. The average Bonchev–Trinajstić information content (AvgIpc) is 2.87. The molecule has 1 aliphatic heterocycles. The highest BCUT2D eigenvalue weighted by atomic mass is 19.2. The lowest BCUT2D eigenvalue weighted by atomic mass is 9.93. The largest absolute Gasteiger partial charge is 0.373 e. The maximum absolute atomic E-state index is 15.0. The molecule has 0 saturated carbocycles. The molecule has 1 saturated heterocycles. The van der Waals surface area contributed by atoms with Gasteiger partial charge in [-0.2, -0.15) is 0 Å². The number of rotatable bonds is 8. The highest BCUT2D eigenvalue weighted by Crippen LogP contribution is 2.34. The van der Waals surface area contributed by atoms with E-state index in [-0.39, 0.29) is 17.5 Å². The zero-order chi connectivity index (χ0) is 24.1. The van der Waals surface area contributed by atoms with E-state index in [1.54, 1.807) is 42.5 Å². The van der Waals surface area contributed by atoms with Crippen molar-refractivity contribution < 1.29 is 17.9 Å². The van der Waals surface area contributed by atoms with Crippen LogP contribution in [0.15, 0.2) is 67.3 Å². The summed E-state index contributed by atoms with van der Waals surface area (Å²) in [7, 11) is 0. The van der Waals surface area contributed by atoms with Gasteiger partial charge in [0.2, 0.25) is 0 Å². The van der Waals surface area contributed by atoms with Gasteiger partial charge in [-0.3, -0.25) is 0 Å². The second-order valence-corrected chi connectivity index (χ2v) is 9.07. The Balaban J connectivity index is 1.51. The van der Waals surface area contributed by atoms with Crippen molar-refractivity contribution >= 4 is 0 Å². The number of hydrogen-bond acceptors (Lipinski definition) is 1. The Morgan fingerprint density at radius 2 is 1.59 bits per heavy atom. The van der Waals surface area contributed by atoms with Crippen LogP contribution in [0.1, 0.15) is 56.3 Å². The van der Waals surface area contributed by atoms with E-state index in [0.717, 1.165) is 37.7 Å². The van der Waals surface area contributed by atoms with Gasteiger partial charge >= 0.3 is 0 Å². The zero-order valence-corrected chi connectivity index (χ0v) is 19.6. The minimum atomic E-state index is -0.830. The van der Waals surface area contributed by atoms with Crippen LogP contribution < -0.4 is 0 Å². The molecule has 1 fully saturated rings. The molecule has 0 spiro atoms. The SMILES string of the molecule is C=CC1CCC(c2ccc(-c3ccc(-c4ccc(CCCCC)c(F)c4F)cc3)c(F)c2)OC1. The second kappa shape index (κ2) is 11.1. The van der Waals surface area contributed by atoms with E-state index in [1.165, 1.54) is 6.07 Å². The fourth-order valence-corrected chi connectivity index (χ4v) is 4.59. The third-order valence-electron chi connectivity index (χ3n) is 6.73. The van der Waals surface area contributed by atoms with Gasteiger partial charge in [-0.05, 0) is 54.0 Å². The third kappa shape index (κ3) is 5.28. The normalized spacial score (nSPS) is 18.1. The Bertz CT molecular complexity index is 1130. The summed E-state index contributed by atoms with van der Waals surface area (Å²) in [6.07, 6.45) is 7.02. The highest BCUT2D eigenvalue weighted by Gasteiger charge is 2.22. The number of halogens is 3. The fourth-order valence-electron chi connectivity index (χ4n) is 4.59. The van der Waals surface area contributed by atoms with Crippen LogP contribution in [0.25, 0.3) is 22.3 Å². The lowest BCUT2D eigenvalue weighted by molar-refractivity contribution is -0.00528. The maximum Gasteiger partial charge on any atom is 0.166 e. The first-order chi connectivity index (χ1) is 16.5. The molecule has 0 aliphatic carbocycles. The summed E-state index contributed by atoms with van der Waals surface area (Å²) in [5.74, 6) is -1.57. The van der Waals surface area contributed by atoms with E-state index in [0.29, 0.717) is 41.2 Å². The standard InChI is InChI=1S/C30H31F3O/c1-3-5-6-7-23-13-16-26(30(33)29(23)32)22-11-9-21(10-12-22)25-15-14-24(18-27(25)31)28-17-8-20(4-2)19-34-28/h4,9-16,18,20,28H,2-3,5-8,17,19H2,1H3. The molecule has 4 rings (SSSR count). The summed E-state index contributed by atoms with van der Waals surface area (Å²) >= 11 is 0. The van der Waals surface area contributed by atoms with Crippen molar-refractivity contribution in [3.63, 3.8) is 0 Å². The number of hydrogen-bond donors (Lipinski definition) is 0. The van der Waals surface area contributed by atoms with E-state index in [9.17, 15) is 13.2 Å². The number of unbranched alkanes of at least 4 members (excludes halogenated alkanes) is 2. The van der Waals surface area contributed by atoms with Gasteiger partial charge in [-0.1, -0.05) is 74.4 Å². The van der Waals surface area contributed by atoms with Gasteiger partial charge in [0.1, 0.15) is 5.82 Å². The first-order valence-electron chi connectivity index (χ1n) is 12.1. The minimum Gasteiger partial charge on any atom is -0.373 e. The van der Waals surface area contributed by atoms with E-state index in [2.05, 4.69) is 13.5 Å². The number of aryl methyl sites for hydroxylation is 1. The molecular weight excluding hydrogens is 433 g/mol. The Kier molecular flexibility index (Phi) is 7.89. The van der Waals surface area contributed by atoms with Crippen LogP contribution in [-0.4, -0.2) is 6.61 Å². The molecule has 3 aromatic carbocycles. The summed E-state index contributed by atoms with van der Waals surface area (Å²) in [6.45, 7) is 6.50. The summed E-state index contributed by atoms with van der Waals surface area (Å²) < 4.78 is 50.2. The third-order valence-corrected chi connectivity index (χ3v) is 6.73. The Morgan fingerprint density at radius 1 is 0.882 bits per heavy atom. The maximum atomic E-state index is 15.0. The van der Waals surface area contributed by atoms with Gasteiger partial charge in [0.05, 0.1) is 12.7 Å². The smallest absolute Gasteiger partial charge is 0.166 e. The van der Waals surface area contributed by atoms with Crippen LogP contribution in [0, 0.1) is 23.4 Å². The first kappa shape index (κ1) is 24.3. The van der Waals surface area contributed by atoms with E-state index in [1.807, 2.05) is 12.1 Å². The van der Waals surface area contributed by atoms with Crippen molar-refractivity contribution in [3.8, 4) is 22.3 Å². The van der Waals surface area contributed by atoms with Crippen LogP contribution in [0.4, 0.5) is 13.2 Å².